The SMILES string of the molecule is CC(=O)N1CCN(c2ccc(Cl)cc2Cl)[C@@H](c2ccc(Cl)cc2)[C@H]1CO.CC[C@@H]1[C@H](c2ccc(Cl)cc2)N(c2ccc(Cl)cc2Cl)CCN1C(C)=O.CS(=O)(=O)Cl. The first kappa shape index (κ1) is 47.0. The van der Waals surface area contributed by atoms with Crippen molar-refractivity contribution in [3.05, 3.63) is 126 Å². The summed E-state index contributed by atoms with van der Waals surface area (Å²) in [6.07, 6.45) is 1.77. The molecular weight excluding hydrogens is 897 g/mol. The van der Waals surface area contributed by atoms with Crippen molar-refractivity contribution >= 4 is 113 Å². The summed E-state index contributed by atoms with van der Waals surface area (Å²) < 4.78 is 18.8. The normalized spacial score (nSPS) is 19.6. The summed E-state index contributed by atoms with van der Waals surface area (Å²) in [6, 6.07) is 25.6. The Morgan fingerprint density at radius 2 is 0.947 bits per heavy atom. The van der Waals surface area contributed by atoms with Gasteiger partial charge in [0.25, 0.3) is 0 Å². The lowest BCUT2D eigenvalue weighted by Gasteiger charge is -2.49. The minimum absolute atomic E-state index is 0.00593. The van der Waals surface area contributed by atoms with Gasteiger partial charge in [0.15, 0.2) is 0 Å². The van der Waals surface area contributed by atoms with Gasteiger partial charge in [-0.05, 0) is 78.2 Å². The summed E-state index contributed by atoms with van der Waals surface area (Å²) in [5, 5.41) is 13.7. The van der Waals surface area contributed by atoms with Crippen molar-refractivity contribution in [2.75, 3.05) is 48.8 Å². The summed E-state index contributed by atoms with van der Waals surface area (Å²) in [5.41, 5.74) is 3.80. The third-order valence-corrected chi connectivity index (χ3v) is 11.2. The molecule has 0 aromatic heterocycles. The average molecular weight is 940 g/mol. The van der Waals surface area contributed by atoms with Gasteiger partial charge < -0.3 is 24.7 Å². The topological polar surface area (TPSA) is 101 Å². The molecule has 2 saturated heterocycles. The van der Waals surface area contributed by atoms with Crippen LogP contribution in [0, 0.1) is 0 Å². The zero-order valence-corrected chi connectivity index (χ0v) is 37.7. The van der Waals surface area contributed by atoms with E-state index in [1.54, 1.807) is 42.2 Å². The highest BCUT2D eigenvalue weighted by Crippen LogP contribution is 2.42. The Hall–Kier alpha value is -2.64. The molecular formula is C40H43Cl7N4O5S. The van der Waals surface area contributed by atoms with E-state index in [0.29, 0.717) is 56.3 Å². The van der Waals surface area contributed by atoms with Gasteiger partial charge in [-0.2, -0.15) is 0 Å². The quantitative estimate of drug-likeness (QED) is 0.192. The molecule has 2 heterocycles. The first-order valence-corrected chi connectivity index (χ1v) is 22.8. The van der Waals surface area contributed by atoms with Crippen molar-refractivity contribution in [3.63, 3.8) is 0 Å². The highest BCUT2D eigenvalue weighted by molar-refractivity contribution is 8.13. The number of hydrogen-bond donors (Lipinski definition) is 1. The molecule has 0 bridgehead atoms. The number of halogens is 7. The maximum atomic E-state index is 12.2. The van der Waals surface area contributed by atoms with Crippen molar-refractivity contribution in [2.24, 2.45) is 0 Å². The van der Waals surface area contributed by atoms with Gasteiger partial charge in [0, 0.05) is 70.8 Å². The third kappa shape index (κ3) is 12.7. The van der Waals surface area contributed by atoms with Crippen LogP contribution in [0.15, 0.2) is 84.9 Å². The molecule has 9 nitrogen and oxygen atoms in total. The molecule has 2 aliphatic rings. The van der Waals surface area contributed by atoms with Crippen LogP contribution in [-0.4, -0.2) is 86.3 Å². The van der Waals surface area contributed by atoms with Crippen LogP contribution in [0.4, 0.5) is 11.4 Å². The van der Waals surface area contributed by atoms with E-state index in [0.717, 1.165) is 35.2 Å². The largest absolute Gasteiger partial charge is 0.394 e. The van der Waals surface area contributed by atoms with Gasteiger partial charge in [0.1, 0.15) is 0 Å². The summed E-state index contributed by atoms with van der Waals surface area (Å²) >= 11 is 37.2. The first-order valence-electron chi connectivity index (χ1n) is 17.8. The van der Waals surface area contributed by atoms with E-state index in [1.807, 2.05) is 59.5 Å². The summed E-state index contributed by atoms with van der Waals surface area (Å²) in [4.78, 5) is 32.3. The standard InChI is InChI=1S/C20H21Cl3N2O.C19H19Cl3N2O2.CH3ClO2S/c1-3-18-20(14-4-6-15(21)7-5-14)25(11-10-24(18)13(2)26)19-9-8-16(22)12-17(19)23;1-12(26)23-8-9-24(17-7-6-15(21)10-16(17)22)19(18(23)11-25)13-2-4-14(20)5-3-13;1-5(2,3)4/h4-9,12,18,20H,3,10-11H2,1-2H3;2-7,10,18-19,25H,8-9,11H2,1H3;1H3/t18-,20+;18-,19+;/m11./s1. The van der Waals surface area contributed by atoms with E-state index in [-0.39, 0.29) is 36.5 Å². The molecule has 17 heteroatoms. The van der Waals surface area contributed by atoms with Crippen LogP contribution in [0.2, 0.25) is 30.1 Å². The molecule has 4 atom stereocenters. The van der Waals surface area contributed by atoms with E-state index in [4.69, 9.17) is 69.6 Å². The lowest BCUT2D eigenvalue weighted by molar-refractivity contribution is -0.134. The van der Waals surface area contributed by atoms with Crippen molar-refractivity contribution in [3.8, 4) is 0 Å². The number of piperazine rings is 2. The molecule has 2 fully saturated rings. The van der Waals surface area contributed by atoms with Crippen molar-refractivity contribution in [2.45, 2.75) is 51.4 Å². The molecule has 0 saturated carbocycles. The molecule has 57 heavy (non-hydrogen) atoms. The maximum Gasteiger partial charge on any atom is 0.229 e. The molecule has 2 aliphatic heterocycles. The number of amides is 2. The van der Waals surface area contributed by atoms with Crippen LogP contribution in [0.1, 0.15) is 50.4 Å². The molecule has 0 unspecified atom stereocenters. The molecule has 2 amide bonds. The highest BCUT2D eigenvalue weighted by atomic mass is 35.7. The highest BCUT2D eigenvalue weighted by Gasteiger charge is 2.40. The van der Waals surface area contributed by atoms with Gasteiger partial charge in [-0.1, -0.05) is 101 Å². The predicted octanol–water partition coefficient (Wildman–Crippen LogP) is 10.4. The van der Waals surface area contributed by atoms with E-state index >= 15 is 0 Å². The van der Waals surface area contributed by atoms with Gasteiger partial charge in [0.2, 0.25) is 20.9 Å². The Balaban J connectivity index is 0.000000226. The number of hydrogen-bond acceptors (Lipinski definition) is 7. The van der Waals surface area contributed by atoms with E-state index < -0.39 is 15.1 Å². The Kier molecular flexibility index (Phi) is 17.4. The fourth-order valence-corrected chi connectivity index (χ4v) is 8.60. The summed E-state index contributed by atoms with van der Waals surface area (Å²) in [6.45, 7) is 7.56. The first-order chi connectivity index (χ1) is 26.8. The van der Waals surface area contributed by atoms with Crippen LogP contribution < -0.4 is 9.80 Å². The minimum atomic E-state index is -3.19. The molecule has 0 aliphatic carbocycles. The fourth-order valence-electron chi connectivity index (χ4n) is 7.31. The average Bonchev–Trinajstić information content (AvgIpc) is 3.14. The van der Waals surface area contributed by atoms with E-state index in [9.17, 15) is 23.1 Å². The Bertz CT molecular complexity index is 1970. The maximum absolute atomic E-state index is 12.2. The fraction of sp³-hybridized carbons (Fsp3) is 0.350. The van der Waals surface area contributed by atoms with Crippen LogP contribution in [0.5, 0.6) is 0 Å². The molecule has 308 valence electrons. The number of benzene rings is 4. The monoisotopic (exact) mass is 936 g/mol. The van der Waals surface area contributed by atoms with Crippen LogP contribution in [0.3, 0.4) is 0 Å². The summed E-state index contributed by atoms with van der Waals surface area (Å²) in [7, 11) is 1.31. The smallest absolute Gasteiger partial charge is 0.229 e. The van der Waals surface area contributed by atoms with E-state index in [2.05, 4.69) is 27.4 Å². The van der Waals surface area contributed by atoms with Crippen molar-refractivity contribution < 1.29 is 23.1 Å². The zero-order chi connectivity index (χ0) is 42.2. The van der Waals surface area contributed by atoms with Crippen LogP contribution in [-0.2, 0) is 18.6 Å². The van der Waals surface area contributed by atoms with Crippen LogP contribution >= 0.6 is 80.3 Å². The number of rotatable bonds is 6. The van der Waals surface area contributed by atoms with Gasteiger partial charge in [-0.15, -0.1) is 0 Å². The number of nitrogens with zero attached hydrogens (tertiary/aromatic N) is 4. The Morgan fingerprint density at radius 3 is 1.26 bits per heavy atom. The Labute approximate surface area is 369 Å². The van der Waals surface area contributed by atoms with Crippen molar-refractivity contribution in [1.82, 2.24) is 9.80 Å². The minimum Gasteiger partial charge on any atom is -0.394 e. The number of carbonyl (C=O) groups excluding carboxylic acids is 2. The molecule has 4 aromatic rings. The van der Waals surface area contributed by atoms with Crippen LogP contribution in [0.25, 0.3) is 0 Å². The molecule has 0 spiro atoms. The lowest BCUT2D eigenvalue weighted by Crippen LogP contribution is -2.58. The second-order valence-corrected chi connectivity index (χ2v) is 19.0. The second-order valence-electron chi connectivity index (χ2n) is 13.4. The number of anilines is 2. The molecule has 6 rings (SSSR count). The molecule has 0 radical (unpaired) electrons. The number of carbonyl (C=O) groups is 2. The van der Waals surface area contributed by atoms with Crippen molar-refractivity contribution in [1.29, 1.82) is 0 Å². The Morgan fingerprint density at radius 1 is 0.614 bits per heavy atom. The second kappa shape index (κ2) is 21.1. The van der Waals surface area contributed by atoms with Gasteiger partial charge in [0.05, 0.1) is 58.5 Å². The molecule has 4 aromatic carbocycles. The summed E-state index contributed by atoms with van der Waals surface area (Å²) in [5.74, 6) is 0.0301. The number of aliphatic hydroxyl groups is 1. The van der Waals surface area contributed by atoms with E-state index in [1.165, 1.54) is 6.92 Å². The number of aliphatic hydroxyl groups excluding tert-OH is 1. The van der Waals surface area contributed by atoms with Gasteiger partial charge >= 0.3 is 0 Å². The van der Waals surface area contributed by atoms with Gasteiger partial charge in [-0.3, -0.25) is 9.59 Å². The van der Waals surface area contributed by atoms with Gasteiger partial charge in [-0.25, -0.2) is 8.42 Å². The lowest BCUT2D eigenvalue weighted by atomic mass is 9.91. The molecule has 1 N–H and O–H groups in total. The predicted molar refractivity (Wildman–Crippen MR) is 236 cm³/mol. The third-order valence-electron chi connectivity index (χ3n) is 9.64. The zero-order valence-electron chi connectivity index (χ0n) is 31.6.